The van der Waals surface area contributed by atoms with Crippen LogP contribution in [0.1, 0.15) is 21.5 Å². The number of rotatable bonds is 2. The Morgan fingerprint density at radius 2 is 2.22 bits per heavy atom. The smallest absolute Gasteiger partial charge is 0.338 e. The molecule has 0 fully saturated rings. The van der Waals surface area contributed by atoms with Gasteiger partial charge in [0.1, 0.15) is 0 Å². The fraction of sp³-hybridized carbons (Fsp3) is 0.250. The molecule has 0 unspecified atom stereocenters. The quantitative estimate of drug-likeness (QED) is 0.276. The lowest BCUT2D eigenvalue weighted by atomic mass is 10.0. The van der Waals surface area contributed by atoms with Crippen LogP contribution in [0.3, 0.4) is 0 Å². The lowest BCUT2D eigenvalue weighted by Crippen LogP contribution is -2.06. The van der Waals surface area contributed by atoms with Crippen LogP contribution in [0.5, 0.6) is 0 Å². The van der Waals surface area contributed by atoms with Crippen molar-refractivity contribution in [3.63, 3.8) is 0 Å². The molecule has 0 aliphatic carbocycles. The minimum atomic E-state index is -0.613. The third kappa shape index (κ3) is 3.08. The lowest BCUT2D eigenvalue weighted by Gasteiger charge is -2.06. The maximum atomic E-state index is 11.5. The molecule has 0 amide bonds. The number of ether oxygens (including phenoxy) is 1. The molecule has 0 radical (unpaired) electrons. The van der Waals surface area contributed by atoms with Crippen LogP contribution in [0, 0.1) is 28.9 Å². The number of alkyl halides is 1. The fourth-order valence-corrected chi connectivity index (χ4v) is 1.53. The van der Waals surface area contributed by atoms with Crippen molar-refractivity contribution in [2.24, 2.45) is 0 Å². The predicted molar refractivity (Wildman–Crippen MR) is 69.8 cm³/mol. The van der Waals surface area contributed by atoms with Gasteiger partial charge in [0.05, 0.1) is 22.9 Å². The van der Waals surface area contributed by atoms with Crippen LogP contribution in [-0.4, -0.2) is 23.3 Å². The summed E-state index contributed by atoms with van der Waals surface area (Å²) < 4.78 is 4.59. The molecule has 1 aromatic carbocycles. The molecular formula is C12H10BrNO4. The number of esters is 1. The maximum absolute atomic E-state index is 11.5. The summed E-state index contributed by atoms with van der Waals surface area (Å²) in [6, 6.07) is 2.54. The monoisotopic (exact) mass is 311 g/mol. The minimum absolute atomic E-state index is 0.158. The number of nitro benzene ring substituents is 1. The van der Waals surface area contributed by atoms with Gasteiger partial charge in [-0.25, -0.2) is 4.79 Å². The Bertz CT molecular complexity index is 557. The van der Waals surface area contributed by atoms with Gasteiger partial charge in [0, 0.05) is 17.7 Å². The zero-order valence-corrected chi connectivity index (χ0v) is 11.4. The highest BCUT2D eigenvalue weighted by Crippen LogP contribution is 2.22. The molecule has 0 aliphatic rings. The second-order valence-corrected chi connectivity index (χ2v) is 3.91. The molecule has 5 nitrogen and oxygen atoms in total. The Hall–Kier alpha value is -1.87. The number of nitrogens with zero attached hydrogens (tertiary/aromatic N) is 1. The van der Waals surface area contributed by atoms with E-state index in [1.54, 1.807) is 6.92 Å². The van der Waals surface area contributed by atoms with E-state index in [1.807, 2.05) is 0 Å². The number of methoxy groups -OCH3 is 1. The fourth-order valence-electron chi connectivity index (χ4n) is 1.38. The minimum Gasteiger partial charge on any atom is -0.465 e. The van der Waals surface area contributed by atoms with Crippen LogP contribution in [0.2, 0.25) is 0 Å². The number of nitro groups is 1. The largest absolute Gasteiger partial charge is 0.465 e. The van der Waals surface area contributed by atoms with E-state index in [1.165, 1.54) is 19.2 Å². The Labute approximate surface area is 112 Å². The molecule has 0 spiro atoms. The van der Waals surface area contributed by atoms with E-state index in [0.29, 0.717) is 16.5 Å². The number of carbonyl (C=O) groups excluding carboxylic acids is 1. The van der Waals surface area contributed by atoms with Gasteiger partial charge in [-0.2, -0.15) is 0 Å². The van der Waals surface area contributed by atoms with Crippen LogP contribution in [0.15, 0.2) is 12.1 Å². The SMILES string of the molecule is COC(=O)c1cc([N+](=O)[O-])cc(C#CCBr)c1C. The van der Waals surface area contributed by atoms with Crippen molar-refractivity contribution >= 4 is 27.6 Å². The van der Waals surface area contributed by atoms with E-state index in [0.717, 1.165) is 0 Å². The van der Waals surface area contributed by atoms with Crippen LogP contribution in [0.25, 0.3) is 0 Å². The lowest BCUT2D eigenvalue weighted by molar-refractivity contribution is -0.384. The standard InChI is InChI=1S/C12H10BrNO4/c1-8-9(4-3-5-13)6-10(14(16)17)7-11(8)12(15)18-2/h6-7H,5H2,1-2H3. The molecule has 6 heteroatoms. The molecular weight excluding hydrogens is 302 g/mol. The van der Waals surface area contributed by atoms with Crippen LogP contribution in [0.4, 0.5) is 5.69 Å². The van der Waals surface area contributed by atoms with E-state index >= 15 is 0 Å². The summed E-state index contributed by atoms with van der Waals surface area (Å²) in [6.45, 7) is 1.67. The highest BCUT2D eigenvalue weighted by Gasteiger charge is 2.18. The number of carbonyl (C=O) groups is 1. The van der Waals surface area contributed by atoms with Crippen LogP contribution < -0.4 is 0 Å². The third-order valence-electron chi connectivity index (χ3n) is 2.30. The highest BCUT2D eigenvalue weighted by atomic mass is 79.9. The van der Waals surface area contributed by atoms with Crippen LogP contribution >= 0.6 is 15.9 Å². The number of hydrogen-bond donors (Lipinski definition) is 0. The topological polar surface area (TPSA) is 69.4 Å². The maximum Gasteiger partial charge on any atom is 0.338 e. The number of halogens is 1. The molecule has 0 heterocycles. The van der Waals surface area contributed by atoms with Gasteiger partial charge in [0.15, 0.2) is 0 Å². The molecule has 0 aromatic heterocycles. The van der Waals surface area contributed by atoms with E-state index in [2.05, 4.69) is 32.5 Å². The number of benzene rings is 1. The van der Waals surface area contributed by atoms with E-state index in [4.69, 9.17) is 0 Å². The summed E-state index contributed by atoms with van der Waals surface area (Å²) in [5, 5.41) is 11.2. The molecule has 0 atom stereocenters. The first-order chi connectivity index (χ1) is 8.51. The van der Waals surface area contributed by atoms with Gasteiger partial charge in [-0.3, -0.25) is 10.1 Å². The second kappa shape index (κ2) is 6.17. The van der Waals surface area contributed by atoms with E-state index in [-0.39, 0.29) is 11.3 Å². The average molecular weight is 312 g/mol. The first kappa shape index (κ1) is 14.2. The summed E-state index contributed by atoms with van der Waals surface area (Å²) in [6.07, 6.45) is 0. The number of hydrogen-bond acceptors (Lipinski definition) is 4. The second-order valence-electron chi connectivity index (χ2n) is 3.35. The van der Waals surface area contributed by atoms with Gasteiger partial charge in [-0.1, -0.05) is 27.8 Å². The molecule has 0 aliphatic heterocycles. The van der Waals surface area contributed by atoms with E-state index in [9.17, 15) is 14.9 Å². The van der Waals surface area contributed by atoms with Crippen LogP contribution in [-0.2, 0) is 4.74 Å². The van der Waals surface area contributed by atoms with E-state index < -0.39 is 10.9 Å². The Kier molecular flexibility index (Phi) is 4.86. The van der Waals surface area contributed by atoms with Crippen molar-refractivity contribution in [2.75, 3.05) is 12.4 Å². The molecule has 94 valence electrons. The highest BCUT2D eigenvalue weighted by molar-refractivity contribution is 9.09. The summed E-state index contributed by atoms with van der Waals surface area (Å²) in [5.41, 5.74) is 0.996. The molecule has 18 heavy (non-hydrogen) atoms. The third-order valence-corrected chi connectivity index (χ3v) is 2.58. The molecule has 0 N–H and O–H groups in total. The van der Waals surface area contributed by atoms with Gasteiger partial charge < -0.3 is 4.74 Å². The normalized spacial score (nSPS) is 9.28. The van der Waals surface area contributed by atoms with Crippen molar-refractivity contribution in [2.45, 2.75) is 6.92 Å². The molecule has 1 aromatic rings. The zero-order chi connectivity index (χ0) is 13.7. The van der Waals surface area contributed by atoms with Crippen molar-refractivity contribution < 1.29 is 14.5 Å². The van der Waals surface area contributed by atoms with Crippen molar-refractivity contribution in [3.8, 4) is 11.8 Å². The van der Waals surface area contributed by atoms with Gasteiger partial charge >= 0.3 is 5.97 Å². The van der Waals surface area contributed by atoms with Gasteiger partial charge in [-0.05, 0) is 12.5 Å². The molecule has 0 saturated carbocycles. The van der Waals surface area contributed by atoms with Gasteiger partial charge in [0.2, 0.25) is 0 Å². The Balaban J connectivity index is 3.47. The molecule has 0 bridgehead atoms. The van der Waals surface area contributed by atoms with Crippen molar-refractivity contribution in [1.29, 1.82) is 0 Å². The predicted octanol–water partition coefficient (Wildman–Crippen LogP) is 2.44. The number of non-ortho nitro benzene ring substituents is 1. The first-order valence-corrected chi connectivity index (χ1v) is 6.05. The summed E-state index contributed by atoms with van der Waals surface area (Å²) in [5.74, 6) is 4.90. The van der Waals surface area contributed by atoms with Gasteiger partial charge in [0.25, 0.3) is 5.69 Å². The van der Waals surface area contributed by atoms with Crippen molar-refractivity contribution in [3.05, 3.63) is 38.9 Å². The average Bonchev–Trinajstić information content (AvgIpc) is 2.36. The molecule has 1 rings (SSSR count). The molecule has 0 saturated heterocycles. The summed E-state index contributed by atoms with van der Waals surface area (Å²) in [4.78, 5) is 21.8. The van der Waals surface area contributed by atoms with Crippen molar-refractivity contribution in [1.82, 2.24) is 0 Å². The zero-order valence-electron chi connectivity index (χ0n) is 9.82. The Morgan fingerprint density at radius 1 is 1.56 bits per heavy atom. The first-order valence-electron chi connectivity index (χ1n) is 4.93. The summed E-state index contributed by atoms with van der Waals surface area (Å²) in [7, 11) is 1.23. The van der Waals surface area contributed by atoms with Gasteiger partial charge in [-0.15, -0.1) is 0 Å². The Morgan fingerprint density at radius 3 is 2.72 bits per heavy atom. The summed E-state index contributed by atoms with van der Waals surface area (Å²) >= 11 is 3.14.